The van der Waals surface area contributed by atoms with Crippen LogP contribution in [0.2, 0.25) is 0 Å². The Hall–Kier alpha value is -0.520. The van der Waals surface area contributed by atoms with Crippen LogP contribution in [0.5, 0.6) is 0 Å². The summed E-state index contributed by atoms with van der Waals surface area (Å²) in [6.07, 6.45) is 5.46. The summed E-state index contributed by atoms with van der Waals surface area (Å²) in [4.78, 5) is 0. The maximum absolute atomic E-state index is 5.64. The van der Waals surface area contributed by atoms with Crippen molar-refractivity contribution in [3.8, 4) is 12.3 Å². The average molecular weight is 168 g/mol. The molecule has 0 radical (unpaired) electrons. The van der Waals surface area contributed by atoms with Crippen LogP contribution in [0, 0.1) is 12.3 Å². The summed E-state index contributed by atoms with van der Waals surface area (Å²) in [5.41, 5.74) is -0.511. The molecule has 2 nitrogen and oxygen atoms in total. The lowest BCUT2D eigenvalue weighted by Crippen LogP contribution is -2.41. The topological polar surface area (TPSA) is 18.5 Å². The molecule has 1 aliphatic heterocycles. The summed E-state index contributed by atoms with van der Waals surface area (Å²) in [5.74, 6) is 2.54. The summed E-state index contributed by atoms with van der Waals surface area (Å²) < 4.78 is 11.3. The van der Waals surface area contributed by atoms with Gasteiger partial charge in [-0.25, -0.2) is 0 Å². The summed E-state index contributed by atoms with van der Waals surface area (Å²) in [5, 5.41) is 0. The first-order valence-electron chi connectivity index (χ1n) is 4.18. The first-order chi connectivity index (χ1) is 5.39. The number of terminal acetylenes is 1. The highest BCUT2D eigenvalue weighted by molar-refractivity contribution is 4.97. The molecule has 0 aromatic rings. The monoisotopic (exact) mass is 168 g/mol. The molecule has 0 N–H and O–H groups in total. The Morgan fingerprint density at radius 2 is 1.58 bits per heavy atom. The molecule has 1 rings (SSSR count). The van der Waals surface area contributed by atoms with Crippen LogP contribution in [0.25, 0.3) is 0 Å². The molecule has 1 saturated heterocycles. The first kappa shape index (κ1) is 9.57. The van der Waals surface area contributed by atoms with Gasteiger partial charge >= 0.3 is 0 Å². The summed E-state index contributed by atoms with van der Waals surface area (Å²) in [6, 6.07) is 0. The molecule has 0 saturated carbocycles. The normalized spacial score (nSPS) is 26.9. The minimum absolute atomic E-state index is 0.236. The average Bonchev–Trinajstić information content (AvgIpc) is 2.02. The molecular formula is C10H16O2. The number of hydrogen-bond donors (Lipinski definition) is 0. The van der Waals surface area contributed by atoms with Gasteiger partial charge in [0.05, 0.1) is 17.6 Å². The Morgan fingerprint density at radius 1 is 1.17 bits per heavy atom. The quantitative estimate of drug-likeness (QED) is 0.557. The number of ether oxygens (including phenoxy) is 2. The second kappa shape index (κ2) is 2.76. The van der Waals surface area contributed by atoms with Crippen LogP contribution in [0.15, 0.2) is 0 Å². The van der Waals surface area contributed by atoms with Crippen molar-refractivity contribution < 1.29 is 9.47 Å². The van der Waals surface area contributed by atoms with Gasteiger partial charge in [0.2, 0.25) is 0 Å². The van der Waals surface area contributed by atoms with Gasteiger partial charge in [0, 0.05) is 0 Å². The van der Waals surface area contributed by atoms with Crippen LogP contribution in [-0.2, 0) is 9.47 Å². The highest BCUT2D eigenvalue weighted by Crippen LogP contribution is 2.38. The Bertz CT molecular complexity index is 194. The molecular weight excluding hydrogens is 152 g/mol. The van der Waals surface area contributed by atoms with Gasteiger partial charge in [-0.2, -0.15) is 0 Å². The van der Waals surface area contributed by atoms with Gasteiger partial charge in [0.1, 0.15) is 0 Å². The molecule has 2 heteroatoms. The van der Waals surface area contributed by atoms with Crippen molar-refractivity contribution in [1.82, 2.24) is 0 Å². The van der Waals surface area contributed by atoms with Crippen molar-refractivity contribution in [3.63, 3.8) is 0 Å². The van der Waals surface area contributed by atoms with Crippen LogP contribution < -0.4 is 0 Å². The lowest BCUT2D eigenvalue weighted by Gasteiger charge is -2.30. The van der Waals surface area contributed by atoms with E-state index in [-0.39, 0.29) is 17.5 Å². The van der Waals surface area contributed by atoms with Gasteiger partial charge in [-0.3, -0.25) is 0 Å². The highest BCUT2D eigenvalue weighted by atomic mass is 16.7. The molecule has 0 aliphatic carbocycles. The fourth-order valence-corrected chi connectivity index (χ4v) is 1.14. The van der Waals surface area contributed by atoms with E-state index >= 15 is 0 Å². The van der Waals surface area contributed by atoms with Crippen LogP contribution in [0.4, 0.5) is 0 Å². The molecule has 1 fully saturated rings. The van der Waals surface area contributed by atoms with Gasteiger partial charge in [-0.05, 0) is 27.7 Å². The van der Waals surface area contributed by atoms with Crippen molar-refractivity contribution >= 4 is 0 Å². The third-order valence-electron chi connectivity index (χ3n) is 2.59. The van der Waals surface area contributed by atoms with Gasteiger partial charge in [0.15, 0.2) is 6.29 Å². The molecule has 0 aromatic heterocycles. The van der Waals surface area contributed by atoms with E-state index in [1.54, 1.807) is 0 Å². The van der Waals surface area contributed by atoms with Gasteiger partial charge in [-0.1, -0.05) is 0 Å². The van der Waals surface area contributed by atoms with Crippen LogP contribution >= 0.6 is 0 Å². The largest absolute Gasteiger partial charge is 0.343 e. The maximum Gasteiger partial charge on any atom is 0.170 e. The SMILES string of the molecule is C#CCC1OC(C)(C)C(C)(C)O1. The predicted molar refractivity (Wildman–Crippen MR) is 47.6 cm³/mol. The van der Waals surface area contributed by atoms with Crippen molar-refractivity contribution in [2.45, 2.75) is 51.6 Å². The number of rotatable bonds is 1. The fraction of sp³-hybridized carbons (Fsp3) is 0.800. The predicted octanol–water partition coefficient (Wildman–Crippen LogP) is 1.94. The van der Waals surface area contributed by atoms with Gasteiger partial charge in [0.25, 0.3) is 0 Å². The highest BCUT2D eigenvalue weighted by Gasteiger charge is 2.48. The molecule has 1 aliphatic rings. The van der Waals surface area contributed by atoms with E-state index in [1.165, 1.54) is 0 Å². The summed E-state index contributed by atoms with van der Waals surface area (Å²) in [6.45, 7) is 8.07. The van der Waals surface area contributed by atoms with E-state index in [9.17, 15) is 0 Å². The Morgan fingerprint density at radius 3 is 1.92 bits per heavy atom. The Labute approximate surface area is 74.2 Å². The molecule has 0 spiro atoms. The minimum Gasteiger partial charge on any atom is -0.343 e. The van der Waals surface area contributed by atoms with E-state index in [2.05, 4.69) is 5.92 Å². The zero-order chi connectivity index (χ0) is 9.41. The van der Waals surface area contributed by atoms with E-state index in [0.717, 1.165) is 0 Å². The molecule has 0 unspecified atom stereocenters. The number of hydrogen-bond acceptors (Lipinski definition) is 2. The van der Waals surface area contributed by atoms with E-state index in [0.29, 0.717) is 6.42 Å². The van der Waals surface area contributed by atoms with Crippen molar-refractivity contribution in [1.29, 1.82) is 0 Å². The van der Waals surface area contributed by atoms with Crippen molar-refractivity contribution in [2.75, 3.05) is 0 Å². The maximum atomic E-state index is 5.64. The molecule has 68 valence electrons. The third kappa shape index (κ3) is 1.48. The van der Waals surface area contributed by atoms with Crippen LogP contribution in [0.1, 0.15) is 34.1 Å². The lowest BCUT2D eigenvalue weighted by molar-refractivity contribution is -0.0815. The standard InChI is InChI=1S/C10H16O2/c1-6-7-8-11-9(2,3)10(4,5)12-8/h1,8H,7H2,2-5H3. The van der Waals surface area contributed by atoms with E-state index in [1.807, 2.05) is 27.7 Å². The first-order valence-corrected chi connectivity index (χ1v) is 4.18. The van der Waals surface area contributed by atoms with Gasteiger partial charge in [-0.15, -0.1) is 12.3 Å². The van der Waals surface area contributed by atoms with Crippen LogP contribution in [-0.4, -0.2) is 17.5 Å². The van der Waals surface area contributed by atoms with E-state index in [4.69, 9.17) is 15.9 Å². The Kier molecular flexibility index (Phi) is 2.20. The lowest BCUT2D eigenvalue weighted by atomic mass is 9.90. The summed E-state index contributed by atoms with van der Waals surface area (Å²) in [7, 11) is 0. The molecule has 1 heterocycles. The zero-order valence-corrected chi connectivity index (χ0v) is 8.18. The second-order valence-corrected chi connectivity index (χ2v) is 4.09. The van der Waals surface area contributed by atoms with E-state index < -0.39 is 0 Å². The fourth-order valence-electron chi connectivity index (χ4n) is 1.14. The molecule has 12 heavy (non-hydrogen) atoms. The summed E-state index contributed by atoms with van der Waals surface area (Å²) >= 11 is 0. The Balaban J connectivity index is 2.69. The second-order valence-electron chi connectivity index (χ2n) is 4.09. The zero-order valence-electron chi connectivity index (χ0n) is 8.18. The molecule has 0 aromatic carbocycles. The third-order valence-corrected chi connectivity index (χ3v) is 2.59. The molecule has 0 amide bonds. The van der Waals surface area contributed by atoms with Crippen LogP contribution in [0.3, 0.4) is 0 Å². The van der Waals surface area contributed by atoms with Crippen molar-refractivity contribution in [2.24, 2.45) is 0 Å². The molecule has 0 bridgehead atoms. The molecule has 0 atom stereocenters. The van der Waals surface area contributed by atoms with Gasteiger partial charge < -0.3 is 9.47 Å². The minimum atomic E-state index is -0.255. The smallest absolute Gasteiger partial charge is 0.170 e. The van der Waals surface area contributed by atoms with Crippen molar-refractivity contribution in [3.05, 3.63) is 0 Å².